The molecule has 0 aliphatic carbocycles. The first-order valence-corrected chi connectivity index (χ1v) is 7.92. The minimum absolute atomic E-state index is 0.0615. The number of hydrogen-bond acceptors (Lipinski definition) is 5. The van der Waals surface area contributed by atoms with Gasteiger partial charge < -0.3 is 15.4 Å². The summed E-state index contributed by atoms with van der Waals surface area (Å²) >= 11 is 6.07. The highest BCUT2D eigenvalue weighted by Gasteiger charge is 2.13. The molecule has 0 aliphatic heterocycles. The second-order valence-corrected chi connectivity index (χ2v) is 5.93. The van der Waals surface area contributed by atoms with Gasteiger partial charge in [0.05, 0.1) is 17.6 Å². The number of amides is 1. The number of nitrogens with one attached hydrogen (secondary N) is 2. The van der Waals surface area contributed by atoms with Gasteiger partial charge in [-0.3, -0.25) is 19.6 Å². The van der Waals surface area contributed by atoms with Crippen LogP contribution in [0.3, 0.4) is 0 Å². The number of nitrogens with zero attached hydrogens (tertiary/aromatic N) is 2. The van der Waals surface area contributed by atoms with Crippen molar-refractivity contribution >= 4 is 34.4 Å². The number of aromatic amines is 1. The van der Waals surface area contributed by atoms with Gasteiger partial charge >= 0.3 is 5.97 Å². The Kier molecular flexibility index (Phi) is 4.94. The molecule has 0 saturated heterocycles. The highest BCUT2D eigenvalue weighted by molar-refractivity contribution is 6.31. The summed E-state index contributed by atoms with van der Waals surface area (Å²) in [5.41, 5.74) is 0.413. The quantitative estimate of drug-likeness (QED) is 0.623. The van der Waals surface area contributed by atoms with Crippen molar-refractivity contribution in [3.8, 4) is 0 Å². The number of halogens is 1. The second kappa shape index (κ2) is 7.32. The number of aromatic nitrogens is 3. The van der Waals surface area contributed by atoms with Gasteiger partial charge in [0.2, 0.25) is 5.91 Å². The average Bonchev–Trinajstić information content (AvgIpc) is 2.60. The molecule has 0 aliphatic rings. The van der Waals surface area contributed by atoms with Gasteiger partial charge in [-0.05, 0) is 23.8 Å². The predicted octanol–water partition coefficient (Wildman–Crippen LogP) is 1.53. The highest BCUT2D eigenvalue weighted by atomic mass is 35.5. The van der Waals surface area contributed by atoms with Crippen LogP contribution in [0.1, 0.15) is 21.6 Å². The molecule has 0 bridgehead atoms. The monoisotopic (exact) mass is 372 g/mol. The van der Waals surface area contributed by atoms with Crippen LogP contribution in [-0.2, 0) is 17.8 Å². The number of fused-ring (bicyclic) bond motifs is 1. The molecule has 3 aromatic rings. The third-order valence-corrected chi connectivity index (χ3v) is 3.88. The predicted molar refractivity (Wildman–Crippen MR) is 94.1 cm³/mol. The molecule has 26 heavy (non-hydrogen) atoms. The van der Waals surface area contributed by atoms with Gasteiger partial charge in [-0.1, -0.05) is 11.6 Å². The highest BCUT2D eigenvalue weighted by Crippen LogP contribution is 2.22. The molecule has 1 aromatic carbocycles. The maximum Gasteiger partial charge on any atom is 0.341 e. The van der Waals surface area contributed by atoms with Gasteiger partial charge in [-0.2, -0.15) is 0 Å². The smallest absolute Gasteiger partial charge is 0.341 e. The molecule has 132 valence electrons. The van der Waals surface area contributed by atoms with E-state index in [2.05, 4.69) is 20.3 Å². The van der Waals surface area contributed by atoms with Crippen molar-refractivity contribution in [1.29, 1.82) is 0 Å². The lowest BCUT2D eigenvalue weighted by molar-refractivity contribution is -0.120. The number of rotatable bonds is 5. The first-order valence-electron chi connectivity index (χ1n) is 7.54. The zero-order valence-electron chi connectivity index (χ0n) is 13.3. The van der Waals surface area contributed by atoms with Crippen molar-refractivity contribution in [3.63, 3.8) is 0 Å². The minimum atomic E-state index is -1.33. The van der Waals surface area contributed by atoms with E-state index < -0.39 is 11.5 Å². The molecule has 3 rings (SSSR count). The standard InChI is InChI=1S/C17H13ClN4O4/c18-11-3-9-5-13(17(25)26)16(24)22-15(9)10(4-11)7-21-14(23)6-12-8-19-1-2-20-12/h1-5,8H,6-7H2,(H,21,23)(H,22,24)(H,25,26). The lowest BCUT2D eigenvalue weighted by Gasteiger charge is -2.10. The fourth-order valence-electron chi connectivity index (χ4n) is 2.49. The van der Waals surface area contributed by atoms with Crippen molar-refractivity contribution < 1.29 is 14.7 Å². The Labute approximate surface area is 151 Å². The minimum Gasteiger partial charge on any atom is -0.477 e. The van der Waals surface area contributed by atoms with Gasteiger partial charge in [0.1, 0.15) is 5.56 Å². The van der Waals surface area contributed by atoms with Crippen molar-refractivity contribution in [3.05, 3.63) is 69.0 Å². The summed E-state index contributed by atoms with van der Waals surface area (Å²) in [7, 11) is 0. The number of benzene rings is 1. The molecule has 0 unspecified atom stereocenters. The number of carbonyl (C=O) groups excluding carboxylic acids is 1. The van der Waals surface area contributed by atoms with Crippen LogP contribution in [0.4, 0.5) is 0 Å². The van der Waals surface area contributed by atoms with Crippen molar-refractivity contribution in [2.45, 2.75) is 13.0 Å². The van der Waals surface area contributed by atoms with Crippen LogP contribution < -0.4 is 10.9 Å². The molecule has 3 N–H and O–H groups in total. The number of hydrogen-bond donors (Lipinski definition) is 3. The number of pyridine rings is 1. The van der Waals surface area contributed by atoms with E-state index in [0.29, 0.717) is 27.2 Å². The molecule has 0 radical (unpaired) electrons. The molecule has 0 atom stereocenters. The molecule has 2 aromatic heterocycles. The van der Waals surface area contributed by atoms with E-state index in [1.165, 1.54) is 24.7 Å². The van der Waals surface area contributed by atoms with Gasteiger partial charge in [0.15, 0.2) is 0 Å². The Morgan fingerprint density at radius 3 is 2.73 bits per heavy atom. The summed E-state index contributed by atoms with van der Waals surface area (Å²) in [5, 5.41) is 12.6. The Balaban J connectivity index is 1.85. The van der Waals surface area contributed by atoms with E-state index in [0.717, 1.165) is 0 Å². The van der Waals surface area contributed by atoms with Crippen LogP contribution in [0, 0.1) is 0 Å². The zero-order valence-corrected chi connectivity index (χ0v) is 14.1. The fourth-order valence-corrected chi connectivity index (χ4v) is 2.74. The third kappa shape index (κ3) is 3.86. The molecular weight excluding hydrogens is 360 g/mol. The van der Waals surface area contributed by atoms with Crippen LogP contribution in [0.15, 0.2) is 41.6 Å². The second-order valence-electron chi connectivity index (χ2n) is 5.50. The van der Waals surface area contributed by atoms with Gasteiger partial charge in [-0.25, -0.2) is 4.79 Å². The summed E-state index contributed by atoms with van der Waals surface area (Å²) in [4.78, 5) is 45.5. The summed E-state index contributed by atoms with van der Waals surface area (Å²) < 4.78 is 0. The van der Waals surface area contributed by atoms with Crippen molar-refractivity contribution in [2.75, 3.05) is 0 Å². The molecule has 0 spiro atoms. The fraction of sp³-hybridized carbons (Fsp3) is 0.118. The molecule has 1 amide bonds. The number of carboxylic acid groups (broad SMARTS) is 1. The number of carboxylic acids is 1. The molecule has 8 nitrogen and oxygen atoms in total. The lowest BCUT2D eigenvalue weighted by atomic mass is 10.1. The summed E-state index contributed by atoms with van der Waals surface area (Å²) in [5.74, 6) is -1.60. The number of carbonyl (C=O) groups is 2. The zero-order chi connectivity index (χ0) is 18.7. The largest absolute Gasteiger partial charge is 0.477 e. The Morgan fingerprint density at radius 2 is 2.04 bits per heavy atom. The van der Waals surface area contributed by atoms with E-state index in [9.17, 15) is 14.4 Å². The van der Waals surface area contributed by atoms with Crippen LogP contribution in [0.2, 0.25) is 5.02 Å². The van der Waals surface area contributed by atoms with Gasteiger partial charge in [0.25, 0.3) is 5.56 Å². The summed E-state index contributed by atoms with van der Waals surface area (Å²) in [6, 6.07) is 4.40. The molecule has 9 heteroatoms. The first-order chi connectivity index (χ1) is 12.4. The van der Waals surface area contributed by atoms with Gasteiger partial charge in [-0.15, -0.1) is 0 Å². The SMILES string of the molecule is O=C(Cc1cnccn1)NCc1cc(Cl)cc2cc(C(=O)O)c(=O)[nH]c12. The summed E-state index contributed by atoms with van der Waals surface area (Å²) in [6.45, 7) is 0.110. The van der Waals surface area contributed by atoms with Gasteiger partial charge in [0, 0.05) is 35.5 Å². The van der Waals surface area contributed by atoms with E-state index in [-0.39, 0.29) is 24.4 Å². The topological polar surface area (TPSA) is 125 Å². The number of H-pyrrole nitrogens is 1. The lowest BCUT2D eigenvalue weighted by Crippen LogP contribution is -2.25. The number of aromatic carboxylic acids is 1. The normalized spacial score (nSPS) is 10.7. The molecular formula is C17H13ClN4O4. The van der Waals surface area contributed by atoms with E-state index in [4.69, 9.17) is 16.7 Å². The Bertz CT molecular complexity index is 1050. The van der Waals surface area contributed by atoms with Crippen LogP contribution in [0.25, 0.3) is 10.9 Å². The molecule has 2 heterocycles. The molecule has 0 saturated carbocycles. The summed E-state index contributed by atoms with van der Waals surface area (Å²) in [6.07, 6.45) is 4.57. The molecule has 0 fully saturated rings. The van der Waals surface area contributed by atoms with Crippen LogP contribution in [-0.4, -0.2) is 31.9 Å². The average molecular weight is 373 g/mol. The first kappa shape index (κ1) is 17.6. The Morgan fingerprint density at radius 1 is 1.23 bits per heavy atom. The van der Waals surface area contributed by atoms with Crippen molar-refractivity contribution in [2.24, 2.45) is 0 Å². The Hall–Kier alpha value is -3.26. The third-order valence-electron chi connectivity index (χ3n) is 3.66. The maximum atomic E-state index is 12.1. The van der Waals surface area contributed by atoms with Crippen molar-refractivity contribution in [1.82, 2.24) is 20.3 Å². The van der Waals surface area contributed by atoms with Crippen LogP contribution >= 0.6 is 11.6 Å². The van der Waals surface area contributed by atoms with Crippen LogP contribution in [0.5, 0.6) is 0 Å². The maximum absolute atomic E-state index is 12.1. The van der Waals surface area contributed by atoms with E-state index in [1.54, 1.807) is 12.1 Å². The van der Waals surface area contributed by atoms with E-state index >= 15 is 0 Å². The van der Waals surface area contributed by atoms with E-state index in [1.807, 2.05) is 0 Å².